The average molecular weight is 506 g/mol. The Balaban J connectivity index is 1.58. The number of hydrogen-bond acceptors (Lipinski definition) is 4. The summed E-state index contributed by atoms with van der Waals surface area (Å²) in [6.07, 6.45) is -3.21. The first-order valence-corrected chi connectivity index (χ1v) is 11.7. The number of amides is 1. The van der Waals surface area contributed by atoms with Crippen LogP contribution >= 0.6 is 0 Å². The van der Waals surface area contributed by atoms with Crippen LogP contribution in [0.2, 0.25) is 0 Å². The van der Waals surface area contributed by atoms with Crippen LogP contribution in [0.3, 0.4) is 0 Å². The first-order valence-electron chi connectivity index (χ1n) is 11.7. The number of carbonyl (C=O) groups excluding carboxylic acids is 1. The first-order chi connectivity index (χ1) is 16.9. The van der Waals surface area contributed by atoms with Gasteiger partial charge in [-0.3, -0.25) is 19.6 Å². The van der Waals surface area contributed by atoms with Gasteiger partial charge in [-0.2, -0.15) is 13.2 Å². The van der Waals surface area contributed by atoms with E-state index in [0.717, 1.165) is 0 Å². The van der Waals surface area contributed by atoms with Crippen LogP contribution in [-0.2, 0) is 0 Å². The van der Waals surface area contributed by atoms with Crippen molar-refractivity contribution in [3.63, 3.8) is 0 Å². The number of nitrogens with zero attached hydrogens (tertiary/aromatic N) is 2. The quantitative estimate of drug-likeness (QED) is 0.461. The van der Waals surface area contributed by atoms with Gasteiger partial charge in [0.25, 0.3) is 5.91 Å². The Bertz CT molecular complexity index is 1390. The monoisotopic (exact) mass is 506 g/mol. The molecule has 0 spiro atoms. The molecule has 5 rings (SSSR count). The molecule has 0 bridgehead atoms. The second-order valence-corrected chi connectivity index (χ2v) is 9.71. The minimum absolute atomic E-state index is 0.0299. The number of nitrogens with one attached hydrogen (secondary N) is 1. The predicted molar refractivity (Wildman–Crippen MR) is 122 cm³/mol. The molecule has 3 heterocycles. The normalized spacial score (nSPS) is 22.4. The van der Waals surface area contributed by atoms with E-state index in [4.69, 9.17) is 5.73 Å². The third-order valence-corrected chi connectivity index (χ3v) is 7.30. The van der Waals surface area contributed by atoms with E-state index in [0.29, 0.717) is 28.2 Å². The van der Waals surface area contributed by atoms with Crippen molar-refractivity contribution in [1.29, 1.82) is 0 Å². The Hall–Kier alpha value is -3.37. The minimum Gasteiger partial charge on any atom is -0.364 e. The summed E-state index contributed by atoms with van der Waals surface area (Å²) in [7, 11) is 0. The summed E-state index contributed by atoms with van der Waals surface area (Å²) < 4.78 is 66.7. The second kappa shape index (κ2) is 8.63. The smallest absolute Gasteiger partial charge is 0.364 e. The van der Waals surface area contributed by atoms with Gasteiger partial charge in [-0.25, -0.2) is 8.78 Å². The number of rotatable bonds is 4. The molecule has 0 aromatic carbocycles. The van der Waals surface area contributed by atoms with Crippen molar-refractivity contribution in [2.24, 2.45) is 11.7 Å². The highest BCUT2D eigenvalue weighted by molar-refractivity contribution is 6.03. The Morgan fingerprint density at radius 3 is 2.36 bits per heavy atom. The van der Waals surface area contributed by atoms with Crippen molar-refractivity contribution in [3.05, 3.63) is 57.8 Å². The molecule has 1 amide bonds. The number of primary amides is 1. The summed E-state index contributed by atoms with van der Waals surface area (Å²) in [4.78, 5) is 36.3. The molecule has 0 radical (unpaired) electrons. The van der Waals surface area contributed by atoms with Gasteiger partial charge >= 0.3 is 6.18 Å². The predicted octanol–water partition coefficient (Wildman–Crippen LogP) is 5.43. The van der Waals surface area contributed by atoms with E-state index in [1.807, 2.05) is 0 Å². The van der Waals surface area contributed by atoms with Crippen LogP contribution in [0.1, 0.15) is 72.2 Å². The van der Waals surface area contributed by atoms with E-state index in [-0.39, 0.29) is 55.5 Å². The molecule has 0 saturated heterocycles. The lowest BCUT2D eigenvalue weighted by atomic mass is 9.76. The molecule has 0 unspecified atom stereocenters. The Labute approximate surface area is 202 Å². The minimum atomic E-state index is -4.27. The first kappa shape index (κ1) is 24.3. The standard InChI is InChI=1S/C25H23F5N4O2/c26-24(27)10-13(11-24)16-6-5-15(21(34-16)12-1-3-14(4-2-12)25(28,29)30)18-9-19(35)20-17(33-18)7-8-32-22(20)23(31)36/h5-9,12-14H,1-4,10-11H2,(H2,31,36)(H,33,35)/t12-,14-. The SMILES string of the molecule is NC(=O)c1nccc2[nH]c(-c3ccc(C4CC(F)(F)C4)nc3[C@H]3CC[C@H](C(F)(F)F)CC3)cc(=O)c12. The molecule has 0 atom stereocenters. The van der Waals surface area contributed by atoms with Gasteiger partial charge in [0, 0.05) is 48.2 Å². The lowest BCUT2D eigenvalue weighted by molar-refractivity contribution is -0.182. The number of alkyl halides is 5. The van der Waals surface area contributed by atoms with Gasteiger partial charge in [0.2, 0.25) is 5.92 Å². The lowest BCUT2D eigenvalue weighted by Crippen LogP contribution is -2.34. The Morgan fingerprint density at radius 2 is 1.75 bits per heavy atom. The summed E-state index contributed by atoms with van der Waals surface area (Å²) in [5, 5.41) is 0.0299. The number of pyridine rings is 3. The molecule has 11 heteroatoms. The van der Waals surface area contributed by atoms with E-state index in [9.17, 15) is 31.5 Å². The van der Waals surface area contributed by atoms with Crippen molar-refractivity contribution in [2.75, 3.05) is 0 Å². The number of H-pyrrole nitrogens is 1. The molecule has 6 nitrogen and oxygen atoms in total. The van der Waals surface area contributed by atoms with E-state index < -0.39 is 35.3 Å². The van der Waals surface area contributed by atoms with Crippen LogP contribution < -0.4 is 11.2 Å². The highest BCUT2D eigenvalue weighted by Crippen LogP contribution is 2.49. The molecule has 2 fully saturated rings. The van der Waals surface area contributed by atoms with Crippen LogP contribution in [0.25, 0.3) is 22.2 Å². The lowest BCUT2D eigenvalue weighted by Gasteiger charge is -2.35. The molecule has 3 aromatic rings. The molecule has 2 saturated carbocycles. The molecule has 36 heavy (non-hydrogen) atoms. The van der Waals surface area contributed by atoms with Gasteiger partial charge in [0.1, 0.15) is 5.69 Å². The fourth-order valence-corrected chi connectivity index (χ4v) is 5.35. The summed E-state index contributed by atoms with van der Waals surface area (Å²) in [6.45, 7) is 0. The van der Waals surface area contributed by atoms with Crippen molar-refractivity contribution in [2.45, 2.75) is 62.5 Å². The largest absolute Gasteiger partial charge is 0.391 e. The molecule has 2 aliphatic carbocycles. The summed E-state index contributed by atoms with van der Waals surface area (Å²) in [5.74, 6) is -5.74. The molecule has 0 aliphatic heterocycles. The topological polar surface area (TPSA) is 102 Å². The van der Waals surface area contributed by atoms with Crippen molar-refractivity contribution >= 4 is 16.8 Å². The summed E-state index contributed by atoms with van der Waals surface area (Å²) in [5.41, 5.74) is 6.82. The number of hydrogen-bond donors (Lipinski definition) is 2. The van der Waals surface area contributed by atoms with Gasteiger partial charge in [-0.1, -0.05) is 0 Å². The number of carbonyl (C=O) groups is 1. The Kier molecular flexibility index (Phi) is 5.83. The van der Waals surface area contributed by atoms with Crippen molar-refractivity contribution in [1.82, 2.24) is 15.0 Å². The zero-order valence-electron chi connectivity index (χ0n) is 19.0. The second-order valence-electron chi connectivity index (χ2n) is 9.71. The van der Waals surface area contributed by atoms with Crippen LogP contribution in [0.4, 0.5) is 22.0 Å². The van der Waals surface area contributed by atoms with E-state index in [1.54, 1.807) is 12.1 Å². The van der Waals surface area contributed by atoms with Crippen LogP contribution in [0.15, 0.2) is 35.3 Å². The maximum Gasteiger partial charge on any atom is 0.391 e. The van der Waals surface area contributed by atoms with Crippen molar-refractivity contribution in [3.8, 4) is 11.3 Å². The van der Waals surface area contributed by atoms with E-state index in [1.165, 1.54) is 18.3 Å². The van der Waals surface area contributed by atoms with Gasteiger partial charge in [0.05, 0.1) is 28.2 Å². The number of halogens is 5. The average Bonchev–Trinajstić information content (AvgIpc) is 2.81. The van der Waals surface area contributed by atoms with Gasteiger partial charge in [-0.15, -0.1) is 0 Å². The molecular weight excluding hydrogens is 483 g/mol. The molecule has 2 aliphatic rings. The van der Waals surface area contributed by atoms with Gasteiger partial charge in [-0.05, 0) is 43.9 Å². The highest BCUT2D eigenvalue weighted by Gasteiger charge is 2.47. The zero-order chi connectivity index (χ0) is 25.8. The van der Waals surface area contributed by atoms with Crippen LogP contribution in [-0.4, -0.2) is 33.0 Å². The maximum atomic E-state index is 13.5. The number of aromatic amines is 1. The summed E-state index contributed by atoms with van der Waals surface area (Å²) >= 11 is 0. The molecular formula is C25H23F5N4O2. The van der Waals surface area contributed by atoms with E-state index >= 15 is 0 Å². The third kappa shape index (κ3) is 4.46. The Morgan fingerprint density at radius 1 is 1.06 bits per heavy atom. The fourth-order valence-electron chi connectivity index (χ4n) is 5.35. The number of fused-ring (bicyclic) bond motifs is 1. The van der Waals surface area contributed by atoms with E-state index in [2.05, 4.69) is 15.0 Å². The summed E-state index contributed by atoms with van der Waals surface area (Å²) in [6, 6.07) is 6.09. The maximum absolute atomic E-state index is 13.5. The molecule has 3 N–H and O–H groups in total. The number of nitrogens with two attached hydrogens (primary N) is 1. The van der Waals surface area contributed by atoms with Gasteiger partial charge in [0.15, 0.2) is 5.43 Å². The third-order valence-electron chi connectivity index (χ3n) is 7.30. The van der Waals surface area contributed by atoms with Crippen molar-refractivity contribution < 1.29 is 26.7 Å². The van der Waals surface area contributed by atoms with Crippen LogP contribution in [0, 0.1) is 5.92 Å². The molecule has 3 aromatic heterocycles. The van der Waals surface area contributed by atoms with Crippen LogP contribution in [0.5, 0.6) is 0 Å². The van der Waals surface area contributed by atoms with Gasteiger partial charge < -0.3 is 10.7 Å². The molecule has 190 valence electrons. The highest BCUT2D eigenvalue weighted by atomic mass is 19.4. The number of aromatic nitrogens is 3. The zero-order valence-corrected chi connectivity index (χ0v) is 19.0. The fraction of sp³-hybridized carbons (Fsp3) is 0.440.